The zero-order valence-corrected chi connectivity index (χ0v) is 18.1. The van der Waals surface area contributed by atoms with Gasteiger partial charge in [0, 0.05) is 12.7 Å². The van der Waals surface area contributed by atoms with Crippen LogP contribution in [0.1, 0.15) is 60.4 Å². The number of carbonyl (C=O) groups is 2. The van der Waals surface area contributed by atoms with Crippen LogP contribution in [0.4, 0.5) is 23.2 Å². The first-order valence-electron chi connectivity index (χ1n) is 9.66. The van der Waals surface area contributed by atoms with Crippen molar-refractivity contribution in [3.8, 4) is 0 Å². The van der Waals surface area contributed by atoms with Gasteiger partial charge in [-0.15, -0.1) is 0 Å². The van der Waals surface area contributed by atoms with Crippen molar-refractivity contribution in [2.45, 2.75) is 45.8 Å². The number of aromatic nitrogens is 4. The van der Waals surface area contributed by atoms with E-state index in [2.05, 4.69) is 20.8 Å². The van der Waals surface area contributed by atoms with Crippen molar-refractivity contribution in [2.24, 2.45) is 0 Å². The maximum absolute atomic E-state index is 13.4. The summed E-state index contributed by atoms with van der Waals surface area (Å²) in [5.41, 5.74) is -2.19. The molecule has 0 aromatic carbocycles. The topological polar surface area (TPSA) is 107 Å². The molecule has 14 heteroatoms. The number of nitrogens with one attached hydrogen (secondary N) is 2. The molecule has 1 atom stereocenters. The summed E-state index contributed by atoms with van der Waals surface area (Å²) in [5.74, 6) is -1.04. The lowest BCUT2D eigenvalue weighted by Gasteiger charge is -2.15. The molecule has 33 heavy (non-hydrogen) atoms. The summed E-state index contributed by atoms with van der Waals surface area (Å²) in [7, 11) is 0. The van der Waals surface area contributed by atoms with Crippen LogP contribution >= 0.6 is 11.6 Å². The largest absolute Gasteiger partial charge is 0.467 e. The van der Waals surface area contributed by atoms with Crippen LogP contribution in [0.25, 0.3) is 0 Å². The highest BCUT2D eigenvalue weighted by molar-refractivity contribution is 6.32. The van der Waals surface area contributed by atoms with Crippen molar-refractivity contribution in [1.29, 1.82) is 0 Å². The Morgan fingerprint density at radius 2 is 1.94 bits per heavy atom. The Balaban J connectivity index is 1.83. The summed E-state index contributed by atoms with van der Waals surface area (Å²) >= 11 is 5.65. The van der Waals surface area contributed by atoms with Gasteiger partial charge in [-0.05, 0) is 26.0 Å². The number of rotatable bonds is 9. The van der Waals surface area contributed by atoms with E-state index < -0.39 is 47.1 Å². The van der Waals surface area contributed by atoms with Crippen LogP contribution in [0.3, 0.4) is 0 Å². The number of hydrogen-bond donors (Lipinski definition) is 2. The number of amides is 2. The number of aryl methyl sites for hydroxylation is 1. The van der Waals surface area contributed by atoms with Crippen molar-refractivity contribution >= 4 is 29.1 Å². The first-order chi connectivity index (χ1) is 15.6. The normalized spacial score (nSPS) is 12.4. The molecule has 0 aliphatic rings. The number of anilines is 1. The Kier molecular flexibility index (Phi) is 7.41. The summed E-state index contributed by atoms with van der Waals surface area (Å²) in [6.45, 7) is 3.36. The van der Waals surface area contributed by atoms with E-state index in [0.29, 0.717) is 17.0 Å². The van der Waals surface area contributed by atoms with Gasteiger partial charge in [0.2, 0.25) is 5.91 Å². The van der Waals surface area contributed by atoms with Gasteiger partial charge in [0.1, 0.15) is 23.2 Å². The molecule has 0 aliphatic carbocycles. The van der Waals surface area contributed by atoms with E-state index in [0.717, 1.165) is 0 Å². The van der Waals surface area contributed by atoms with Gasteiger partial charge in [-0.2, -0.15) is 10.2 Å². The first-order valence-corrected chi connectivity index (χ1v) is 10.0. The second-order valence-corrected chi connectivity index (χ2v) is 7.18. The molecule has 0 saturated carbocycles. The molecule has 3 heterocycles. The predicted molar refractivity (Wildman–Crippen MR) is 108 cm³/mol. The summed E-state index contributed by atoms with van der Waals surface area (Å²) < 4.78 is 60.0. The molecule has 2 amide bonds. The maximum Gasteiger partial charge on any atom is 0.283 e. The highest BCUT2D eigenvalue weighted by atomic mass is 35.5. The molecule has 0 aliphatic heterocycles. The Morgan fingerprint density at radius 3 is 2.52 bits per heavy atom. The van der Waals surface area contributed by atoms with E-state index in [4.69, 9.17) is 16.0 Å². The predicted octanol–water partition coefficient (Wildman–Crippen LogP) is 4.35. The van der Waals surface area contributed by atoms with Gasteiger partial charge in [0.15, 0.2) is 5.69 Å². The second-order valence-electron chi connectivity index (χ2n) is 6.80. The molecule has 3 aromatic heterocycles. The third kappa shape index (κ3) is 5.18. The molecule has 0 bridgehead atoms. The van der Waals surface area contributed by atoms with Gasteiger partial charge in [0.25, 0.3) is 18.8 Å². The van der Waals surface area contributed by atoms with Crippen molar-refractivity contribution < 1.29 is 31.6 Å². The minimum Gasteiger partial charge on any atom is -0.467 e. The van der Waals surface area contributed by atoms with Crippen molar-refractivity contribution in [2.75, 3.05) is 5.32 Å². The first kappa shape index (κ1) is 24.3. The molecule has 2 N–H and O–H groups in total. The van der Waals surface area contributed by atoms with Crippen LogP contribution in [0, 0.1) is 0 Å². The van der Waals surface area contributed by atoms with Crippen LogP contribution < -0.4 is 10.6 Å². The lowest BCUT2D eigenvalue weighted by atomic mass is 10.2. The highest BCUT2D eigenvalue weighted by Crippen LogP contribution is 2.36. The summed E-state index contributed by atoms with van der Waals surface area (Å²) in [6.07, 6.45) is -3.65. The average molecular weight is 491 g/mol. The molecule has 0 spiro atoms. The third-order valence-corrected chi connectivity index (χ3v) is 5.02. The SMILES string of the molecule is CCn1cc(NC(=O)C(C)n2nc(C(F)F)c(Cl)c2C(F)F)c(C(=O)NCc2ccco2)n1. The zero-order valence-electron chi connectivity index (χ0n) is 17.4. The molecular weight excluding hydrogens is 472 g/mol. The molecule has 0 saturated heterocycles. The highest BCUT2D eigenvalue weighted by Gasteiger charge is 2.32. The van der Waals surface area contributed by atoms with Gasteiger partial charge >= 0.3 is 0 Å². The molecule has 178 valence electrons. The van der Waals surface area contributed by atoms with Crippen molar-refractivity contribution in [3.05, 3.63) is 52.5 Å². The molecule has 9 nitrogen and oxygen atoms in total. The molecule has 0 fully saturated rings. The summed E-state index contributed by atoms with van der Waals surface area (Å²) in [4.78, 5) is 25.3. The zero-order chi connectivity index (χ0) is 24.3. The average Bonchev–Trinajstić information content (AvgIpc) is 3.49. The number of nitrogens with zero attached hydrogens (tertiary/aromatic N) is 4. The van der Waals surface area contributed by atoms with E-state index >= 15 is 0 Å². The van der Waals surface area contributed by atoms with Gasteiger partial charge in [-0.25, -0.2) is 22.2 Å². The number of alkyl halides is 4. The molecular formula is C19H19ClF4N6O3. The number of furan rings is 1. The molecule has 3 aromatic rings. The van der Waals surface area contributed by atoms with Gasteiger partial charge in [-0.3, -0.25) is 14.3 Å². The van der Waals surface area contributed by atoms with Crippen molar-refractivity contribution in [3.63, 3.8) is 0 Å². The summed E-state index contributed by atoms with van der Waals surface area (Å²) in [6, 6.07) is 1.84. The van der Waals surface area contributed by atoms with Gasteiger partial charge < -0.3 is 15.1 Å². The fourth-order valence-electron chi connectivity index (χ4n) is 2.93. The fourth-order valence-corrected chi connectivity index (χ4v) is 3.22. The maximum atomic E-state index is 13.4. The van der Waals surface area contributed by atoms with E-state index in [9.17, 15) is 27.2 Å². The van der Waals surface area contributed by atoms with Crippen LogP contribution in [0.2, 0.25) is 5.02 Å². The Bertz CT molecular complexity index is 1130. The van der Waals surface area contributed by atoms with Crippen LogP contribution in [-0.4, -0.2) is 31.4 Å². The smallest absolute Gasteiger partial charge is 0.283 e. The van der Waals surface area contributed by atoms with Gasteiger partial charge in [-0.1, -0.05) is 11.6 Å². The van der Waals surface area contributed by atoms with Crippen LogP contribution in [-0.2, 0) is 17.9 Å². The minimum atomic E-state index is -3.25. The molecule has 0 radical (unpaired) electrons. The van der Waals surface area contributed by atoms with E-state index in [1.165, 1.54) is 24.1 Å². The lowest BCUT2D eigenvalue weighted by molar-refractivity contribution is -0.119. The monoisotopic (exact) mass is 490 g/mol. The van der Waals surface area contributed by atoms with Crippen molar-refractivity contribution in [1.82, 2.24) is 24.9 Å². The summed E-state index contributed by atoms with van der Waals surface area (Å²) in [5, 5.41) is 11.6. The Morgan fingerprint density at radius 1 is 1.21 bits per heavy atom. The van der Waals surface area contributed by atoms with Gasteiger partial charge in [0.05, 0.1) is 23.5 Å². The van der Waals surface area contributed by atoms with E-state index in [-0.39, 0.29) is 17.9 Å². The fraction of sp³-hybridized carbons (Fsp3) is 0.368. The quantitative estimate of drug-likeness (QED) is 0.434. The minimum absolute atomic E-state index is 0.00317. The second kappa shape index (κ2) is 10.1. The lowest BCUT2D eigenvalue weighted by Crippen LogP contribution is -2.28. The van der Waals surface area contributed by atoms with Crippen LogP contribution in [0.15, 0.2) is 29.0 Å². The van der Waals surface area contributed by atoms with E-state index in [1.54, 1.807) is 19.1 Å². The van der Waals surface area contributed by atoms with Crippen LogP contribution in [0.5, 0.6) is 0 Å². The Labute approximate surface area is 189 Å². The number of halogens is 5. The standard InChI is InChI=1S/C19H19ClF4N6O3/c1-3-29-8-11(13(27-29)19(32)25-7-10-5-4-6-33-10)26-18(31)9(2)30-15(17(23)24)12(20)14(28-30)16(21)22/h4-6,8-9,16-17H,3,7H2,1-2H3,(H,25,32)(H,26,31). The Hall–Kier alpha value is -3.35. The number of carbonyl (C=O) groups excluding carboxylic acids is 2. The number of hydrogen-bond acceptors (Lipinski definition) is 5. The molecule has 1 unspecified atom stereocenters. The third-order valence-electron chi connectivity index (χ3n) is 4.63. The molecule has 3 rings (SSSR count). The van der Waals surface area contributed by atoms with E-state index in [1.807, 2.05) is 0 Å².